The number of carbonyl (C=O) groups excluding carboxylic acids is 2. The Balaban J connectivity index is 2.07. The maximum atomic E-state index is 12.5. The standard InChI is InChI=1S/C19H25N3O4S2/c1-4-22(5-2)28(25,26)16-10-8-15(9-11-16)21-19(24)13-17(20-14(3)23)18-7-6-12-27-18/h6-12,17H,4-5,13H2,1-3H3,(H,20,23)(H,21,24). The fraction of sp³-hybridized carbons (Fsp3) is 0.368. The van der Waals surface area contributed by atoms with Crippen LogP contribution in [0.1, 0.15) is 38.1 Å². The molecule has 2 N–H and O–H groups in total. The zero-order valence-electron chi connectivity index (χ0n) is 16.1. The Morgan fingerprint density at radius 1 is 1.11 bits per heavy atom. The molecule has 1 aromatic heterocycles. The van der Waals surface area contributed by atoms with Crippen LogP contribution in [0, 0.1) is 0 Å². The fourth-order valence-electron chi connectivity index (χ4n) is 2.78. The van der Waals surface area contributed by atoms with E-state index in [9.17, 15) is 18.0 Å². The van der Waals surface area contributed by atoms with Gasteiger partial charge in [0, 0.05) is 30.6 Å². The van der Waals surface area contributed by atoms with E-state index >= 15 is 0 Å². The molecular formula is C19H25N3O4S2. The van der Waals surface area contributed by atoms with Gasteiger partial charge in [-0.15, -0.1) is 11.3 Å². The lowest BCUT2D eigenvalue weighted by Gasteiger charge is -2.19. The molecule has 0 aliphatic rings. The number of amides is 2. The van der Waals surface area contributed by atoms with Gasteiger partial charge in [0.15, 0.2) is 0 Å². The first kappa shape index (κ1) is 22.1. The number of nitrogens with one attached hydrogen (secondary N) is 2. The van der Waals surface area contributed by atoms with Gasteiger partial charge in [-0.2, -0.15) is 4.31 Å². The van der Waals surface area contributed by atoms with Crippen molar-refractivity contribution < 1.29 is 18.0 Å². The second kappa shape index (κ2) is 9.81. The fourth-order valence-corrected chi connectivity index (χ4v) is 5.01. The third kappa shape index (κ3) is 5.63. The predicted octanol–water partition coefficient (Wildman–Crippen LogP) is 2.98. The number of thiophene rings is 1. The first-order valence-corrected chi connectivity index (χ1v) is 11.3. The highest BCUT2D eigenvalue weighted by Gasteiger charge is 2.22. The molecule has 0 aliphatic carbocycles. The van der Waals surface area contributed by atoms with E-state index in [0.29, 0.717) is 18.8 Å². The van der Waals surface area contributed by atoms with Gasteiger partial charge < -0.3 is 10.6 Å². The maximum Gasteiger partial charge on any atom is 0.243 e. The van der Waals surface area contributed by atoms with Gasteiger partial charge in [-0.1, -0.05) is 19.9 Å². The molecule has 2 aromatic rings. The maximum absolute atomic E-state index is 12.5. The van der Waals surface area contributed by atoms with Crippen LogP contribution in [0.15, 0.2) is 46.7 Å². The molecule has 1 unspecified atom stereocenters. The second-order valence-electron chi connectivity index (χ2n) is 6.13. The Morgan fingerprint density at radius 2 is 1.75 bits per heavy atom. The van der Waals surface area contributed by atoms with Crippen molar-refractivity contribution in [2.45, 2.75) is 38.1 Å². The van der Waals surface area contributed by atoms with Gasteiger partial charge >= 0.3 is 0 Å². The number of rotatable bonds is 9. The van der Waals surface area contributed by atoms with E-state index in [4.69, 9.17) is 0 Å². The normalized spacial score (nSPS) is 12.6. The highest BCUT2D eigenvalue weighted by Crippen LogP contribution is 2.23. The van der Waals surface area contributed by atoms with Crippen LogP contribution in [0.3, 0.4) is 0 Å². The number of carbonyl (C=O) groups is 2. The molecule has 0 radical (unpaired) electrons. The number of sulfonamides is 1. The average Bonchev–Trinajstić information content (AvgIpc) is 3.16. The summed E-state index contributed by atoms with van der Waals surface area (Å²) < 4.78 is 26.4. The monoisotopic (exact) mass is 423 g/mol. The molecule has 2 amide bonds. The Bertz CT molecular complexity index is 890. The molecule has 28 heavy (non-hydrogen) atoms. The summed E-state index contributed by atoms with van der Waals surface area (Å²) in [6.07, 6.45) is 0.0829. The summed E-state index contributed by atoms with van der Waals surface area (Å²) >= 11 is 1.47. The molecular weight excluding hydrogens is 398 g/mol. The summed E-state index contributed by atoms with van der Waals surface area (Å²) in [6.45, 7) is 5.77. The molecule has 152 valence electrons. The van der Waals surface area contributed by atoms with Gasteiger partial charge in [-0.25, -0.2) is 8.42 Å². The SMILES string of the molecule is CCN(CC)S(=O)(=O)c1ccc(NC(=O)CC(NC(C)=O)c2cccs2)cc1. The van der Waals surface area contributed by atoms with Crippen molar-refractivity contribution in [3.05, 3.63) is 46.7 Å². The highest BCUT2D eigenvalue weighted by molar-refractivity contribution is 7.89. The molecule has 7 nitrogen and oxygen atoms in total. The minimum absolute atomic E-state index is 0.0829. The van der Waals surface area contributed by atoms with Crippen molar-refractivity contribution in [2.75, 3.05) is 18.4 Å². The minimum Gasteiger partial charge on any atom is -0.348 e. The van der Waals surface area contributed by atoms with Gasteiger partial charge in [0.1, 0.15) is 0 Å². The zero-order chi connectivity index (χ0) is 20.7. The van der Waals surface area contributed by atoms with E-state index in [2.05, 4.69) is 10.6 Å². The lowest BCUT2D eigenvalue weighted by atomic mass is 10.1. The number of anilines is 1. The third-order valence-corrected chi connectivity index (χ3v) is 7.19. The quantitative estimate of drug-likeness (QED) is 0.648. The molecule has 0 aliphatic heterocycles. The number of hydrogen-bond acceptors (Lipinski definition) is 5. The summed E-state index contributed by atoms with van der Waals surface area (Å²) in [7, 11) is -3.53. The molecule has 9 heteroatoms. The Labute approximate surface area is 169 Å². The molecule has 1 atom stereocenters. The van der Waals surface area contributed by atoms with Gasteiger partial charge in [0.05, 0.1) is 17.4 Å². The molecule has 2 rings (SSSR count). The molecule has 0 fully saturated rings. The summed E-state index contributed by atoms with van der Waals surface area (Å²) in [4.78, 5) is 24.9. The molecule has 1 heterocycles. The van der Waals surface area contributed by atoms with E-state index in [1.807, 2.05) is 17.5 Å². The topological polar surface area (TPSA) is 95.6 Å². The zero-order valence-corrected chi connectivity index (χ0v) is 17.8. The Kier molecular flexibility index (Phi) is 7.73. The van der Waals surface area contributed by atoms with Gasteiger partial charge in [0.2, 0.25) is 21.8 Å². The molecule has 0 saturated heterocycles. The average molecular weight is 424 g/mol. The smallest absolute Gasteiger partial charge is 0.243 e. The van der Waals surface area contributed by atoms with Crippen LogP contribution in [-0.2, 0) is 19.6 Å². The largest absolute Gasteiger partial charge is 0.348 e. The van der Waals surface area contributed by atoms with Crippen molar-refractivity contribution >= 4 is 38.9 Å². The van der Waals surface area contributed by atoms with Gasteiger partial charge in [-0.05, 0) is 35.7 Å². The molecule has 0 saturated carbocycles. The first-order chi connectivity index (χ1) is 13.3. The minimum atomic E-state index is -3.53. The van der Waals surface area contributed by atoms with Crippen LogP contribution in [-0.4, -0.2) is 37.6 Å². The Hall–Kier alpha value is -2.23. The summed E-state index contributed by atoms with van der Waals surface area (Å²) in [5, 5.41) is 7.41. The van der Waals surface area contributed by atoms with Crippen LogP contribution in [0.4, 0.5) is 5.69 Å². The van der Waals surface area contributed by atoms with Crippen LogP contribution in [0.2, 0.25) is 0 Å². The number of benzene rings is 1. The van der Waals surface area contributed by atoms with Crippen molar-refractivity contribution in [1.29, 1.82) is 0 Å². The number of hydrogen-bond donors (Lipinski definition) is 2. The van der Waals surface area contributed by atoms with Crippen LogP contribution in [0.5, 0.6) is 0 Å². The highest BCUT2D eigenvalue weighted by atomic mass is 32.2. The van der Waals surface area contributed by atoms with E-state index in [1.54, 1.807) is 26.0 Å². The van der Waals surface area contributed by atoms with E-state index in [0.717, 1.165) is 4.88 Å². The van der Waals surface area contributed by atoms with Crippen molar-refractivity contribution in [3.8, 4) is 0 Å². The van der Waals surface area contributed by atoms with Crippen LogP contribution in [0.25, 0.3) is 0 Å². The van der Waals surface area contributed by atoms with Crippen molar-refractivity contribution in [2.24, 2.45) is 0 Å². The van der Waals surface area contributed by atoms with Gasteiger partial charge in [-0.3, -0.25) is 9.59 Å². The first-order valence-electron chi connectivity index (χ1n) is 8.98. The lowest BCUT2D eigenvalue weighted by molar-refractivity contribution is -0.120. The molecule has 1 aromatic carbocycles. The predicted molar refractivity (Wildman–Crippen MR) is 111 cm³/mol. The summed E-state index contributed by atoms with van der Waals surface area (Å²) in [5.41, 5.74) is 0.497. The molecule has 0 bridgehead atoms. The van der Waals surface area contributed by atoms with Crippen LogP contribution >= 0.6 is 11.3 Å². The van der Waals surface area contributed by atoms with Crippen molar-refractivity contribution in [1.82, 2.24) is 9.62 Å². The summed E-state index contributed by atoms with van der Waals surface area (Å²) in [5.74, 6) is -0.483. The van der Waals surface area contributed by atoms with Crippen LogP contribution < -0.4 is 10.6 Å². The third-order valence-electron chi connectivity index (χ3n) is 4.13. The second-order valence-corrected chi connectivity index (χ2v) is 9.05. The van der Waals surface area contributed by atoms with E-state index in [1.165, 1.54) is 34.7 Å². The van der Waals surface area contributed by atoms with Crippen molar-refractivity contribution in [3.63, 3.8) is 0 Å². The summed E-state index contributed by atoms with van der Waals surface area (Å²) in [6, 6.07) is 9.41. The Morgan fingerprint density at radius 3 is 2.25 bits per heavy atom. The lowest BCUT2D eigenvalue weighted by Crippen LogP contribution is -2.30. The number of nitrogens with zero attached hydrogens (tertiary/aromatic N) is 1. The van der Waals surface area contributed by atoms with Gasteiger partial charge in [0.25, 0.3) is 0 Å². The molecule has 0 spiro atoms. The van der Waals surface area contributed by atoms with E-state index < -0.39 is 16.1 Å². The van der Waals surface area contributed by atoms with E-state index in [-0.39, 0.29) is 23.1 Å².